The molecule has 0 N–H and O–H groups in total. The minimum atomic E-state index is -0.737. The molecule has 1 aromatic carbocycles. The Labute approximate surface area is 193 Å². The predicted molar refractivity (Wildman–Crippen MR) is 123 cm³/mol. The molecule has 0 aliphatic carbocycles. The fraction of sp³-hybridized carbons (Fsp3) is 0.348. The lowest BCUT2D eigenvalue weighted by atomic mass is 10.2. The molecule has 1 aliphatic rings. The molecule has 1 amide bonds. The van der Waals surface area contributed by atoms with Crippen LogP contribution in [0.15, 0.2) is 36.5 Å². The maximum absolute atomic E-state index is 14.3. The van der Waals surface area contributed by atoms with E-state index in [0.29, 0.717) is 53.0 Å². The molecule has 3 aromatic heterocycles. The largest absolute Gasteiger partial charge is 0.379 e. The first kappa shape index (κ1) is 21.9. The molecule has 0 saturated carbocycles. The van der Waals surface area contributed by atoms with Crippen molar-refractivity contribution < 1.29 is 18.3 Å². The van der Waals surface area contributed by atoms with Crippen molar-refractivity contribution >= 4 is 38.2 Å². The molecule has 0 bridgehead atoms. The van der Waals surface area contributed by atoms with Crippen molar-refractivity contribution in [2.45, 2.75) is 13.3 Å². The molecule has 0 unspecified atom stereocenters. The number of morpholine rings is 1. The van der Waals surface area contributed by atoms with Gasteiger partial charge in [-0.2, -0.15) is 0 Å². The van der Waals surface area contributed by atoms with Gasteiger partial charge in [-0.05, 0) is 31.5 Å². The zero-order valence-corrected chi connectivity index (χ0v) is 18.9. The molecule has 0 radical (unpaired) electrons. The Morgan fingerprint density at radius 3 is 2.85 bits per heavy atom. The second-order valence-corrected chi connectivity index (χ2v) is 8.98. The van der Waals surface area contributed by atoms with E-state index in [0.717, 1.165) is 37.0 Å². The highest BCUT2D eigenvalue weighted by Crippen LogP contribution is 2.32. The highest BCUT2D eigenvalue weighted by Gasteiger charge is 2.27. The van der Waals surface area contributed by atoms with Crippen molar-refractivity contribution in [2.75, 3.05) is 44.3 Å². The number of hydrogen-bond donors (Lipinski definition) is 0. The molecule has 7 nitrogen and oxygen atoms in total. The molecule has 1 aliphatic heterocycles. The molecule has 4 aromatic rings. The third kappa shape index (κ3) is 4.33. The van der Waals surface area contributed by atoms with E-state index in [2.05, 4.69) is 14.9 Å². The SMILES string of the molecule is Cc1nc2ccccn2c1C(=O)N(CCCN1CCOCC1)c1nc2c(F)cc(F)cc2s1. The predicted octanol–water partition coefficient (Wildman–Crippen LogP) is 3.90. The van der Waals surface area contributed by atoms with Crippen LogP contribution in [0.4, 0.5) is 13.9 Å². The van der Waals surface area contributed by atoms with Gasteiger partial charge in [-0.1, -0.05) is 17.4 Å². The minimum absolute atomic E-state index is 0.0669. The minimum Gasteiger partial charge on any atom is -0.379 e. The smallest absolute Gasteiger partial charge is 0.278 e. The Bertz CT molecular complexity index is 1320. The first-order chi connectivity index (χ1) is 16.0. The van der Waals surface area contributed by atoms with E-state index in [-0.39, 0.29) is 11.4 Å². The Balaban J connectivity index is 1.50. The average molecular weight is 472 g/mol. The first-order valence-corrected chi connectivity index (χ1v) is 11.6. The van der Waals surface area contributed by atoms with Crippen LogP contribution in [-0.2, 0) is 4.74 Å². The number of aromatic nitrogens is 3. The molecule has 1 fully saturated rings. The maximum atomic E-state index is 14.3. The quantitative estimate of drug-likeness (QED) is 0.427. The summed E-state index contributed by atoms with van der Waals surface area (Å²) in [6.45, 7) is 6.09. The van der Waals surface area contributed by atoms with E-state index in [1.807, 2.05) is 18.2 Å². The van der Waals surface area contributed by atoms with E-state index in [1.54, 1.807) is 22.4 Å². The van der Waals surface area contributed by atoms with Gasteiger partial charge in [0.2, 0.25) is 0 Å². The number of aryl methyl sites for hydroxylation is 1. The van der Waals surface area contributed by atoms with Gasteiger partial charge in [-0.25, -0.2) is 18.7 Å². The van der Waals surface area contributed by atoms with Crippen LogP contribution in [0.5, 0.6) is 0 Å². The summed E-state index contributed by atoms with van der Waals surface area (Å²) in [5.41, 5.74) is 1.77. The number of amides is 1. The van der Waals surface area contributed by atoms with E-state index in [4.69, 9.17) is 4.74 Å². The number of fused-ring (bicyclic) bond motifs is 2. The number of halogens is 2. The van der Waals surface area contributed by atoms with Crippen LogP contribution in [-0.4, -0.2) is 64.6 Å². The number of rotatable bonds is 6. The number of carbonyl (C=O) groups is 1. The van der Waals surface area contributed by atoms with Crippen LogP contribution >= 0.6 is 11.3 Å². The summed E-state index contributed by atoms with van der Waals surface area (Å²) in [6, 6.07) is 7.59. The monoisotopic (exact) mass is 471 g/mol. The summed E-state index contributed by atoms with van der Waals surface area (Å²) >= 11 is 1.11. The van der Waals surface area contributed by atoms with E-state index >= 15 is 0 Å². The number of anilines is 1. The Hall–Kier alpha value is -2.95. The van der Waals surface area contributed by atoms with Gasteiger partial charge < -0.3 is 4.74 Å². The molecule has 1 saturated heterocycles. The maximum Gasteiger partial charge on any atom is 0.278 e. The topological polar surface area (TPSA) is 63.0 Å². The number of pyridine rings is 1. The number of carbonyl (C=O) groups excluding carboxylic acids is 1. The van der Waals surface area contributed by atoms with Crippen molar-refractivity contribution in [2.24, 2.45) is 0 Å². The van der Waals surface area contributed by atoms with Crippen LogP contribution in [0, 0.1) is 18.6 Å². The van der Waals surface area contributed by atoms with Crippen molar-refractivity contribution in [3.05, 3.63) is 59.6 Å². The highest BCUT2D eigenvalue weighted by molar-refractivity contribution is 7.22. The Morgan fingerprint density at radius 2 is 2.03 bits per heavy atom. The van der Waals surface area contributed by atoms with E-state index in [9.17, 15) is 13.6 Å². The highest BCUT2D eigenvalue weighted by atomic mass is 32.1. The molecule has 10 heteroatoms. The van der Waals surface area contributed by atoms with Gasteiger partial charge in [0.05, 0.1) is 23.6 Å². The number of thiazole rings is 1. The van der Waals surface area contributed by atoms with E-state index in [1.165, 1.54) is 6.07 Å². The van der Waals surface area contributed by atoms with Gasteiger partial charge in [0.15, 0.2) is 10.9 Å². The molecular formula is C23H23F2N5O2S. The Morgan fingerprint density at radius 1 is 1.21 bits per heavy atom. The Kier molecular flexibility index (Phi) is 6.05. The van der Waals surface area contributed by atoms with Crippen molar-refractivity contribution in [1.82, 2.24) is 19.3 Å². The number of nitrogens with zero attached hydrogens (tertiary/aromatic N) is 5. The fourth-order valence-corrected chi connectivity index (χ4v) is 5.15. The number of hydrogen-bond acceptors (Lipinski definition) is 6. The normalized spacial score (nSPS) is 14.9. The van der Waals surface area contributed by atoms with Gasteiger partial charge in [-0.15, -0.1) is 0 Å². The average Bonchev–Trinajstić information content (AvgIpc) is 3.37. The first-order valence-electron chi connectivity index (χ1n) is 10.8. The van der Waals surface area contributed by atoms with Crippen molar-refractivity contribution in [1.29, 1.82) is 0 Å². The summed E-state index contributed by atoms with van der Waals surface area (Å²) in [7, 11) is 0. The number of benzene rings is 1. The standard InChI is InChI=1S/C23H23F2N5O2S/c1-15-21(29-7-3-2-5-19(29)26-15)22(31)30(8-4-6-28-9-11-32-12-10-28)23-27-20-17(25)13-16(24)14-18(20)33-23/h2-3,5,7,13-14H,4,6,8-12H2,1H3. The lowest BCUT2D eigenvalue weighted by Crippen LogP contribution is -2.39. The van der Waals surface area contributed by atoms with Crippen LogP contribution in [0.25, 0.3) is 15.9 Å². The van der Waals surface area contributed by atoms with Gasteiger partial charge in [0.25, 0.3) is 5.91 Å². The second kappa shape index (κ2) is 9.12. The zero-order valence-electron chi connectivity index (χ0n) is 18.1. The van der Waals surface area contributed by atoms with Gasteiger partial charge in [-0.3, -0.25) is 19.0 Å². The van der Waals surface area contributed by atoms with Crippen LogP contribution in [0.2, 0.25) is 0 Å². The van der Waals surface area contributed by atoms with Gasteiger partial charge in [0.1, 0.15) is 22.7 Å². The summed E-state index contributed by atoms with van der Waals surface area (Å²) in [6.07, 6.45) is 2.50. The van der Waals surface area contributed by atoms with Gasteiger partial charge in [0, 0.05) is 38.4 Å². The second-order valence-electron chi connectivity index (χ2n) is 7.97. The molecule has 172 valence electrons. The summed E-state index contributed by atoms with van der Waals surface area (Å²) in [5, 5.41) is 0.340. The van der Waals surface area contributed by atoms with Crippen molar-refractivity contribution in [3.63, 3.8) is 0 Å². The summed E-state index contributed by atoms with van der Waals surface area (Å²) < 4.78 is 35.6. The lowest BCUT2D eigenvalue weighted by molar-refractivity contribution is 0.0376. The summed E-state index contributed by atoms with van der Waals surface area (Å²) in [4.78, 5) is 26.5. The van der Waals surface area contributed by atoms with Crippen molar-refractivity contribution in [3.8, 4) is 0 Å². The van der Waals surface area contributed by atoms with Crippen LogP contribution in [0.1, 0.15) is 22.6 Å². The fourth-order valence-electron chi connectivity index (χ4n) is 4.12. The lowest BCUT2D eigenvalue weighted by Gasteiger charge is -2.27. The molecular weight excluding hydrogens is 448 g/mol. The number of imidazole rings is 1. The van der Waals surface area contributed by atoms with Gasteiger partial charge >= 0.3 is 0 Å². The zero-order chi connectivity index (χ0) is 22.9. The molecule has 33 heavy (non-hydrogen) atoms. The molecule has 0 atom stereocenters. The molecule has 4 heterocycles. The van der Waals surface area contributed by atoms with Crippen LogP contribution in [0.3, 0.4) is 0 Å². The van der Waals surface area contributed by atoms with E-state index < -0.39 is 11.6 Å². The third-order valence-corrected chi connectivity index (χ3v) is 6.77. The number of ether oxygens (including phenoxy) is 1. The summed E-state index contributed by atoms with van der Waals surface area (Å²) in [5.74, 6) is -1.68. The third-order valence-electron chi connectivity index (χ3n) is 5.74. The molecule has 0 spiro atoms. The molecule has 5 rings (SSSR count). The van der Waals surface area contributed by atoms with Crippen LogP contribution < -0.4 is 4.90 Å².